The Morgan fingerprint density at radius 3 is 2.39 bits per heavy atom. The minimum absolute atomic E-state index is 0.0835. The Balaban J connectivity index is 1.71. The second-order valence-electron chi connectivity index (χ2n) is 6.93. The second-order valence-corrected chi connectivity index (χ2v) is 8.28. The molecule has 0 saturated carbocycles. The number of aromatic nitrogens is 3. The van der Waals surface area contributed by atoms with E-state index in [1.165, 1.54) is 0 Å². The van der Waals surface area contributed by atoms with Crippen molar-refractivity contribution < 1.29 is 4.79 Å². The van der Waals surface area contributed by atoms with Crippen molar-refractivity contribution in [3.63, 3.8) is 0 Å². The van der Waals surface area contributed by atoms with Crippen molar-refractivity contribution >= 4 is 33.4 Å². The molecule has 0 aliphatic rings. The second kappa shape index (κ2) is 9.37. The first-order chi connectivity index (χ1) is 15.0. The van der Waals surface area contributed by atoms with Crippen LogP contribution in [0, 0.1) is 0 Å². The number of pyridine rings is 1. The van der Waals surface area contributed by atoms with Gasteiger partial charge in [-0.3, -0.25) is 9.78 Å². The molecule has 0 spiro atoms. The van der Waals surface area contributed by atoms with E-state index in [1.807, 2.05) is 61.5 Å². The molecule has 2 aromatic heterocycles. The number of halogens is 2. The summed E-state index contributed by atoms with van der Waals surface area (Å²) in [6, 6.07) is 20.7. The summed E-state index contributed by atoms with van der Waals surface area (Å²) in [5, 5.41) is 3.60. The molecule has 154 valence electrons. The summed E-state index contributed by atoms with van der Waals surface area (Å²) in [7, 11) is 0. The molecule has 1 amide bonds. The van der Waals surface area contributed by atoms with Gasteiger partial charge in [-0.25, -0.2) is 9.97 Å². The van der Waals surface area contributed by atoms with E-state index in [4.69, 9.17) is 11.6 Å². The molecule has 2 aromatic carbocycles. The molecular weight excluding hydrogens is 476 g/mol. The molecule has 4 rings (SSSR count). The van der Waals surface area contributed by atoms with Gasteiger partial charge >= 0.3 is 0 Å². The standard InChI is InChI=1S/C24H18BrClN4O/c1-15(16-5-3-2-4-6-16)29-24(31)23-28-14-20(17-7-10-19(26)11-8-17)22(30-23)21-12-9-18(25)13-27-21/h2-15H,1H3,(H,29,31)/t15-/m1/s1. The molecule has 0 aliphatic carbocycles. The Bertz CT molecular complexity index is 1200. The minimum Gasteiger partial charge on any atom is -0.343 e. The third-order valence-corrected chi connectivity index (χ3v) is 5.49. The van der Waals surface area contributed by atoms with Gasteiger partial charge in [-0.05, 0) is 58.2 Å². The highest BCUT2D eigenvalue weighted by molar-refractivity contribution is 9.10. The Morgan fingerprint density at radius 2 is 1.71 bits per heavy atom. The van der Waals surface area contributed by atoms with Crippen LogP contribution in [0.1, 0.15) is 29.1 Å². The molecule has 31 heavy (non-hydrogen) atoms. The molecule has 0 aliphatic heterocycles. The number of amides is 1. The van der Waals surface area contributed by atoms with Crippen LogP contribution >= 0.6 is 27.5 Å². The number of hydrogen-bond acceptors (Lipinski definition) is 4. The van der Waals surface area contributed by atoms with Gasteiger partial charge < -0.3 is 5.32 Å². The minimum atomic E-state index is -0.350. The lowest BCUT2D eigenvalue weighted by molar-refractivity contribution is 0.0929. The van der Waals surface area contributed by atoms with Crippen LogP contribution < -0.4 is 5.32 Å². The molecule has 0 fully saturated rings. The number of nitrogens with zero attached hydrogens (tertiary/aromatic N) is 3. The first kappa shape index (κ1) is 21.2. The van der Waals surface area contributed by atoms with E-state index in [9.17, 15) is 4.79 Å². The van der Waals surface area contributed by atoms with Crippen molar-refractivity contribution in [1.29, 1.82) is 0 Å². The molecular formula is C24H18BrClN4O. The highest BCUT2D eigenvalue weighted by Gasteiger charge is 2.18. The van der Waals surface area contributed by atoms with Gasteiger partial charge in [0.25, 0.3) is 5.91 Å². The van der Waals surface area contributed by atoms with Crippen LogP contribution in [0.25, 0.3) is 22.5 Å². The summed E-state index contributed by atoms with van der Waals surface area (Å²) in [6.45, 7) is 1.92. The summed E-state index contributed by atoms with van der Waals surface area (Å²) < 4.78 is 0.855. The maximum absolute atomic E-state index is 12.9. The van der Waals surface area contributed by atoms with E-state index < -0.39 is 0 Å². The summed E-state index contributed by atoms with van der Waals surface area (Å²) in [6.07, 6.45) is 3.34. The van der Waals surface area contributed by atoms with E-state index in [1.54, 1.807) is 24.5 Å². The van der Waals surface area contributed by atoms with Crippen LogP contribution in [-0.2, 0) is 0 Å². The van der Waals surface area contributed by atoms with E-state index in [0.29, 0.717) is 16.4 Å². The Kier molecular flexibility index (Phi) is 6.39. The smallest absolute Gasteiger partial charge is 0.289 e. The number of nitrogens with one attached hydrogen (secondary N) is 1. The molecule has 0 radical (unpaired) electrons. The predicted octanol–water partition coefficient (Wildman–Crippen LogP) is 6.11. The third-order valence-electron chi connectivity index (χ3n) is 4.76. The average molecular weight is 494 g/mol. The quantitative estimate of drug-likeness (QED) is 0.364. The van der Waals surface area contributed by atoms with Crippen LogP contribution in [0.15, 0.2) is 83.6 Å². The molecule has 5 nitrogen and oxygen atoms in total. The van der Waals surface area contributed by atoms with Crippen molar-refractivity contribution in [3.05, 3.63) is 100 Å². The van der Waals surface area contributed by atoms with Gasteiger partial charge in [-0.1, -0.05) is 54.1 Å². The normalized spacial score (nSPS) is 11.7. The molecule has 0 unspecified atom stereocenters. The van der Waals surface area contributed by atoms with Crippen LogP contribution in [0.3, 0.4) is 0 Å². The van der Waals surface area contributed by atoms with Crippen LogP contribution in [-0.4, -0.2) is 20.9 Å². The van der Waals surface area contributed by atoms with Gasteiger partial charge in [0.15, 0.2) is 0 Å². The number of carbonyl (C=O) groups excluding carboxylic acids is 1. The lowest BCUT2D eigenvalue weighted by Gasteiger charge is -2.15. The highest BCUT2D eigenvalue weighted by atomic mass is 79.9. The Hall–Kier alpha value is -3.09. The maximum atomic E-state index is 12.9. The number of hydrogen-bond donors (Lipinski definition) is 1. The van der Waals surface area contributed by atoms with Gasteiger partial charge in [0.1, 0.15) is 5.69 Å². The van der Waals surface area contributed by atoms with Gasteiger partial charge in [0.2, 0.25) is 5.82 Å². The van der Waals surface area contributed by atoms with Crippen molar-refractivity contribution in [2.24, 2.45) is 0 Å². The van der Waals surface area contributed by atoms with Gasteiger partial charge in [0, 0.05) is 27.5 Å². The first-order valence-corrected chi connectivity index (χ1v) is 10.8. The Morgan fingerprint density at radius 1 is 0.968 bits per heavy atom. The number of benzene rings is 2. The largest absolute Gasteiger partial charge is 0.343 e. The van der Waals surface area contributed by atoms with E-state index in [2.05, 4.69) is 36.2 Å². The zero-order chi connectivity index (χ0) is 21.8. The number of carbonyl (C=O) groups is 1. The molecule has 7 heteroatoms. The SMILES string of the molecule is C[C@@H](NC(=O)c1ncc(-c2ccc(Cl)cc2)c(-c2ccc(Br)cn2)n1)c1ccccc1. The molecule has 0 bridgehead atoms. The summed E-state index contributed by atoms with van der Waals surface area (Å²) in [5.74, 6) is -0.266. The fourth-order valence-corrected chi connectivity index (χ4v) is 3.49. The van der Waals surface area contributed by atoms with Crippen LogP contribution in [0.5, 0.6) is 0 Å². The third kappa shape index (κ3) is 4.98. The summed E-state index contributed by atoms with van der Waals surface area (Å²) in [4.78, 5) is 26.3. The van der Waals surface area contributed by atoms with Crippen molar-refractivity contribution in [3.8, 4) is 22.5 Å². The predicted molar refractivity (Wildman–Crippen MR) is 126 cm³/mol. The molecule has 0 saturated heterocycles. The maximum Gasteiger partial charge on any atom is 0.289 e. The monoisotopic (exact) mass is 492 g/mol. The van der Waals surface area contributed by atoms with Crippen molar-refractivity contribution in [2.75, 3.05) is 0 Å². The van der Waals surface area contributed by atoms with Crippen LogP contribution in [0.4, 0.5) is 0 Å². The average Bonchev–Trinajstić information content (AvgIpc) is 2.80. The topological polar surface area (TPSA) is 67.8 Å². The van der Waals surface area contributed by atoms with Gasteiger partial charge in [-0.15, -0.1) is 0 Å². The molecule has 1 atom stereocenters. The zero-order valence-electron chi connectivity index (χ0n) is 16.6. The summed E-state index contributed by atoms with van der Waals surface area (Å²) >= 11 is 9.44. The summed E-state index contributed by atoms with van der Waals surface area (Å²) in [5.41, 5.74) is 3.86. The Labute approximate surface area is 193 Å². The van der Waals surface area contributed by atoms with Gasteiger partial charge in [-0.2, -0.15) is 0 Å². The molecule has 4 aromatic rings. The van der Waals surface area contributed by atoms with E-state index >= 15 is 0 Å². The van der Waals surface area contributed by atoms with Crippen LogP contribution in [0.2, 0.25) is 5.02 Å². The van der Waals surface area contributed by atoms with E-state index in [-0.39, 0.29) is 17.8 Å². The van der Waals surface area contributed by atoms with Crippen molar-refractivity contribution in [2.45, 2.75) is 13.0 Å². The first-order valence-electron chi connectivity index (χ1n) is 9.62. The fraction of sp³-hybridized carbons (Fsp3) is 0.0833. The van der Waals surface area contributed by atoms with Crippen molar-refractivity contribution in [1.82, 2.24) is 20.3 Å². The molecule has 1 N–H and O–H groups in total. The lowest BCUT2D eigenvalue weighted by atomic mass is 10.0. The number of rotatable bonds is 5. The molecule has 2 heterocycles. The lowest BCUT2D eigenvalue weighted by Crippen LogP contribution is -2.28. The zero-order valence-corrected chi connectivity index (χ0v) is 18.9. The highest BCUT2D eigenvalue weighted by Crippen LogP contribution is 2.30. The van der Waals surface area contributed by atoms with E-state index in [0.717, 1.165) is 21.2 Å². The van der Waals surface area contributed by atoms with Gasteiger partial charge in [0.05, 0.1) is 11.7 Å². The fourth-order valence-electron chi connectivity index (χ4n) is 3.13.